The topological polar surface area (TPSA) is 52.7 Å². The molecular formula is C23H15F3N4O. The van der Waals surface area contributed by atoms with Crippen LogP contribution in [0.5, 0.6) is 0 Å². The minimum Gasteiger partial charge on any atom is -0.293 e. The quantitative estimate of drug-likeness (QED) is 0.406. The first-order valence-electron chi connectivity index (χ1n) is 9.43. The van der Waals surface area contributed by atoms with Gasteiger partial charge >= 0.3 is 11.9 Å². The van der Waals surface area contributed by atoms with Crippen LogP contribution < -0.4 is 5.69 Å². The SMILES string of the molecule is Cn1c(=O)n(-c2cccc(C(F)(F)F)c2)c2c3cc(-c4cccnc4)ccc3ncc21. The van der Waals surface area contributed by atoms with Gasteiger partial charge in [-0.2, -0.15) is 13.2 Å². The van der Waals surface area contributed by atoms with Crippen molar-refractivity contribution in [3.8, 4) is 16.8 Å². The Labute approximate surface area is 174 Å². The summed E-state index contributed by atoms with van der Waals surface area (Å²) in [6, 6.07) is 14.1. The van der Waals surface area contributed by atoms with Crippen molar-refractivity contribution in [2.75, 3.05) is 0 Å². The lowest BCUT2D eigenvalue weighted by Crippen LogP contribution is -2.21. The molecule has 3 aromatic heterocycles. The third-order valence-electron chi connectivity index (χ3n) is 5.31. The van der Waals surface area contributed by atoms with Crippen molar-refractivity contribution >= 4 is 21.9 Å². The summed E-state index contributed by atoms with van der Waals surface area (Å²) in [6.07, 6.45) is 0.445. The number of pyridine rings is 2. The highest BCUT2D eigenvalue weighted by molar-refractivity contribution is 6.04. The number of hydrogen-bond donors (Lipinski definition) is 0. The van der Waals surface area contributed by atoms with Crippen LogP contribution in [0.2, 0.25) is 0 Å². The normalized spacial score (nSPS) is 12.0. The summed E-state index contributed by atoms with van der Waals surface area (Å²) < 4.78 is 42.6. The molecule has 0 fully saturated rings. The summed E-state index contributed by atoms with van der Waals surface area (Å²) in [5.74, 6) is 0. The zero-order valence-electron chi connectivity index (χ0n) is 16.3. The van der Waals surface area contributed by atoms with Gasteiger partial charge in [0.1, 0.15) is 0 Å². The first-order chi connectivity index (χ1) is 14.8. The Morgan fingerprint density at radius 3 is 2.52 bits per heavy atom. The summed E-state index contributed by atoms with van der Waals surface area (Å²) in [5.41, 5.74) is 2.28. The molecule has 0 bridgehead atoms. The van der Waals surface area contributed by atoms with E-state index in [1.165, 1.54) is 21.3 Å². The Morgan fingerprint density at radius 1 is 0.935 bits per heavy atom. The molecule has 5 aromatic rings. The summed E-state index contributed by atoms with van der Waals surface area (Å²) >= 11 is 0. The average molecular weight is 420 g/mol. The summed E-state index contributed by atoms with van der Waals surface area (Å²) in [6.45, 7) is 0. The third kappa shape index (κ3) is 3.07. The zero-order valence-corrected chi connectivity index (χ0v) is 16.3. The molecule has 154 valence electrons. The minimum atomic E-state index is -4.51. The first kappa shape index (κ1) is 19.0. The minimum absolute atomic E-state index is 0.143. The number of rotatable bonds is 2. The fourth-order valence-electron chi connectivity index (χ4n) is 3.77. The molecule has 0 atom stereocenters. The molecular weight excluding hydrogens is 405 g/mol. The Balaban J connectivity index is 1.86. The highest BCUT2D eigenvalue weighted by Crippen LogP contribution is 2.32. The van der Waals surface area contributed by atoms with Gasteiger partial charge in [0.05, 0.1) is 34.0 Å². The van der Waals surface area contributed by atoms with Crippen molar-refractivity contribution in [2.24, 2.45) is 7.05 Å². The monoisotopic (exact) mass is 420 g/mol. The molecule has 0 N–H and O–H groups in total. The Kier molecular flexibility index (Phi) is 4.18. The van der Waals surface area contributed by atoms with Crippen molar-refractivity contribution in [2.45, 2.75) is 6.18 Å². The van der Waals surface area contributed by atoms with Gasteiger partial charge in [-0.25, -0.2) is 4.79 Å². The highest BCUT2D eigenvalue weighted by Gasteiger charge is 2.31. The lowest BCUT2D eigenvalue weighted by atomic mass is 10.0. The largest absolute Gasteiger partial charge is 0.416 e. The van der Waals surface area contributed by atoms with Crippen molar-refractivity contribution in [1.29, 1.82) is 0 Å². The Morgan fingerprint density at radius 2 is 1.77 bits per heavy atom. The molecule has 5 nitrogen and oxygen atoms in total. The van der Waals surface area contributed by atoms with E-state index in [0.29, 0.717) is 21.9 Å². The molecule has 3 heterocycles. The van der Waals surface area contributed by atoms with Gasteiger partial charge in [0.15, 0.2) is 0 Å². The molecule has 0 aliphatic rings. The number of nitrogens with zero attached hydrogens (tertiary/aromatic N) is 4. The molecule has 0 aliphatic heterocycles. The van der Waals surface area contributed by atoms with Crippen LogP contribution in [0, 0.1) is 0 Å². The fraction of sp³-hybridized carbons (Fsp3) is 0.0870. The van der Waals surface area contributed by atoms with Gasteiger partial charge in [-0.15, -0.1) is 0 Å². The molecule has 0 radical (unpaired) electrons. The molecule has 5 rings (SSSR count). The number of aryl methyl sites for hydroxylation is 1. The first-order valence-corrected chi connectivity index (χ1v) is 9.43. The van der Waals surface area contributed by atoms with Crippen molar-refractivity contribution in [1.82, 2.24) is 19.1 Å². The van der Waals surface area contributed by atoms with Crippen LogP contribution in [0.15, 0.2) is 78.0 Å². The van der Waals surface area contributed by atoms with Gasteiger partial charge in [-0.05, 0) is 42.0 Å². The summed E-state index contributed by atoms with van der Waals surface area (Å²) in [4.78, 5) is 21.6. The number of halogens is 3. The Hall–Kier alpha value is -3.94. The van der Waals surface area contributed by atoms with Crippen LogP contribution in [-0.4, -0.2) is 19.1 Å². The maximum atomic E-state index is 13.3. The molecule has 0 spiro atoms. The standard InChI is InChI=1S/C23H15F3N4O/c1-29-20-13-28-19-8-7-14(15-4-3-9-27-12-15)10-18(19)21(20)30(22(29)31)17-6-2-5-16(11-17)23(24,25)26/h2-13H,1H3. The van der Waals surface area contributed by atoms with Gasteiger partial charge in [0.2, 0.25) is 0 Å². The number of hydrogen-bond acceptors (Lipinski definition) is 3. The van der Waals surface area contributed by atoms with E-state index >= 15 is 0 Å². The lowest BCUT2D eigenvalue weighted by molar-refractivity contribution is -0.137. The van der Waals surface area contributed by atoms with E-state index in [1.54, 1.807) is 25.6 Å². The maximum absolute atomic E-state index is 13.3. The van der Waals surface area contributed by atoms with Gasteiger partial charge in [-0.1, -0.05) is 18.2 Å². The predicted molar refractivity (Wildman–Crippen MR) is 112 cm³/mol. The van der Waals surface area contributed by atoms with Gasteiger partial charge in [0.25, 0.3) is 0 Å². The van der Waals surface area contributed by atoms with Crippen LogP contribution in [0.25, 0.3) is 38.8 Å². The van der Waals surface area contributed by atoms with Crippen molar-refractivity contribution < 1.29 is 13.2 Å². The summed E-state index contributed by atoms with van der Waals surface area (Å²) in [5, 5.41) is 0.661. The molecule has 0 aliphatic carbocycles. The smallest absolute Gasteiger partial charge is 0.293 e. The fourth-order valence-corrected chi connectivity index (χ4v) is 3.77. The molecule has 8 heteroatoms. The number of aromatic nitrogens is 4. The predicted octanol–water partition coefficient (Wildman–Crippen LogP) is 4.96. The molecule has 0 saturated heterocycles. The maximum Gasteiger partial charge on any atom is 0.416 e. The van der Waals surface area contributed by atoms with E-state index in [2.05, 4.69) is 9.97 Å². The van der Waals surface area contributed by atoms with Crippen molar-refractivity contribution in [3.05, 3.63) is 89.2 Å². The summed E-state index contributed by atoms with van der Waals surface area (Å²) in [7, 11) is 1.58. The third-order valence-corrected chi connectivity index (χ3v) is 5.31. The lowest BCUT2D eigenvalue weighted by Gasteiger charge is -2.11. The Bertz CT molecular complexity index is 1500. The van der Waals surface area contributed by atoms with Gasteiger partial charge < -0.3 is 0 Å². The van der Waals surface area contributed by atoms with E-state index in [1.807, 2.05) is 30.3 Å². The number of fused-ring (bicyclic) bond motifs is 3. The van der Waals surface area contributed by atoms with E-state index in [9.17, 15) is 18.0 Å². The van der Waals surface area contributed by atoms with Crippen molar-refractivity contribution in [3.63, 3.8) is 0 Å². The average Bonchev–Trinajstić information content (AvgIpc) is 3.04. The number of benzene rings is 2. The molecule has 31 heavy (non-hydrogen) atoms. The van der Waals surface area contributed by atoms with Crippen LogP contribution >= 0.6 is 0 Å². The van der Waals surface area contributed by atoms with Crippen LogP contribution in [0.4, 0.5) is 13.2 Å². The van der Waals surface area contributed by atoms with Crippen LogP contribution in [0.1, 0.15) is 5.56 Å². The van der Waals surface area contributed by atoms with Gasteiger partial charge in [0, 0.05) is 30.4 Å². The second-order valence-electron chi connectivity index (χ2n) is 7.19. The molecule has 2 aromatic carbocycles. The van der Waals surface area contributed by atoms with Gasteiger partial charge in [-0.3, -0.25) is 19.1 Å². The van der Waals surface area contributed by atoms with E-state index in [0.717, 1.165) is 23.3 Å². The zero-order chi connectivity index (χ0) is 21.8. The second kappa shape index (κ2) is 6.80. The van der Waals surface area contributed by atoms with Crippen LogP contribution in [-0.2, 0) is 13.2 Å². The van der Waals surface area contributed by atoms with E-state index in [-0.39, 0.29) is 5.69 Å². The van der Waals surface area contributed by atoms with E-state index < -0.39 is 17.4 Å². The second-order valence-corrected chi connectivity index (χ2v) is 7.19. The van der Waals surface area contributed by atoms with E-state index in [4.69, 9.17) is 0 Å². The highest BCUT2D eigenvalue weighted by atomic mass is 19.4. The molecule has 0 unspecified atom stereocenters. The molecule has 0 amide bonds. The number of alkyl halides is 3. The molecule has 0 saturated carbocycles. The van der Waals surface area contributed by atoms with Crippen LogP contribution in [0.3, 0.4) is 0 Å². The number of imidazole rings is 1.